The summed E-state index contributed by atoms with van der Waals surface area (Å²) in [6.45, 7) is 0.814. The highest BCUT2D eigenvalue weighted by Crippen LogP contribution is 2.28. The number of carbonyl (C=O) groups excluding carboxylic acids is 2. The molecule has 0 spiro atoms. The third-order valence-electron chi connectivity index (χ3n) is 6.11. The van der Waals surface area contributed by atoms with E-state index in [9.17, 15) is 18.0 Å². The Kier molecular flexibility index (Phi) is 8.35. The number of methoxy groups -OCH3 is 1. The van der Waals surface area contributed by atoms with Gasteiger partial charge in [0.2, 0.25) is 5.91 Å². The van der Waals surface area contributed by atoms with Crippen molar-refractivity contribution in [1.29, 1.82) is 0 Å². The molecule has 1 aliphatic heterocycles. The second-order valence-corrected chi connectivity index (χ2v) is 10.9. The Bertz CT molecular complexity index is 1370. The fourth-order valence-electron chi connectivity index (χ4n) is 4.19. The number of hydrogen-bond acceptors (Lipinski definition) is 5. The summed E-state index contributed by atoms with van der Waals surface area (Å²) in [5, 5.41) is 3.07. The number of halogens is 1. The first-order valence-corrected chi connectivity index (χ1v) is 13.7. The monoisotopic (exact) mass is 541 g/mol. The van der Waals surface area contributed by atoms with Crippen molar-refractivity contribution in [2.75, 3.05) is 36.4 Å². The smallest absolute Gasteiger partial charge is 0.264 e. The number of likely N-dealkylation sites (tertiary alicyclic amines) is 1. The van der Waals surface area contributed by atoms with Gasteiger partial charge >= 0.3 is 0 Å². The highest BCUT2D eigenvalue weighted by molar-refractivity contribution is 7.92. The normalized spacial score (nSPS) is 13.6. The van der Waals surface area contributed by atoms with Gasteiger partial charge in [0.25, 0.3) is 15.9 Å². The number of hydrogen-bond donors (Lipinski definition) is 1. The predicted molar refractivity (Wildman–Crippen MR) is 144 cm³/mol. The van der Waals surface area contributed by atoms with Crippen LogP contribution in [0.3, 0.4) is 0 Å². The van der Waals surface area contributed by atoms with E-state index in [1.165, 1.54) is 37.4 Å². The zero-order chi connectivity index (χ0) is 26.4. The third kappa shape index (κ3) is 6.23. The molecule has 37 heavy (non-hydrogen) atoms. The van der Waals surface area contributed by atoms with Gasteiger partial charge in [0.1, 0.15) is 12.3 Å². The molecule has 0 aromatic heterocycles. The van der Waals surface area contributed by atoms with Crippen LogP contribution in [0.5, 0.6) is 5.75 Å². The summed E-state index contributed by atoms with van der Waals surface area (Å²) < 4.78 is 33.3. The Morgan fingerprint density at radius 1 is 0.973 bits per heavy atom. The summed E-state index contributed by atoms with van der Waals surface area (Å²) >= 11 is 6.14. The van der Waals surface area contributed by atoms with Crippen LogP contribution in [-0.2, 0) is 14.8 Å². The van der Waals surface area contributed by atoms with Crippen LogP contribution in [0.4, 0.5) is 11.4 Å². The molecule has 0 aliphatic carbocycles. The number of carbonyl (C=O) groups is 2. The molecular formula is C27H28ClN3O5S. The molecule has 194 valence electrons. The Labute approximate surface area is 221 Å². The molecule has 1 aliphatic rings. The van der Waals surface area contributed by atoms with E-state index in [4.69, 9.17) is 16.3 Å². The van der Waals surface area contributed by atoms with Crippen LogP contribution in [0.25, 0.3) is 0 Å². The summed E-state index contributed by atoms with van der Waals surface area (Å²) in [7, 11) is -2.66. The summed E-state index contributed by atoms with van der Waals surface area (Å²) in [6.07, 6.45) is 2.97. The van der Waals surface area contributed by atoms with E-state index in [0.717, 1.165) is 23.6 Å². The Morgan fingerprint density at radius 2 is 1.68 bits per heavy atom. The van der Waals surface area contributed by atoms with Crippen LogP contribution in [0.15, 0.2) is 77.7 Å². The van der Waals surface area contributed by atoms with Crippen molar-refractivity contribution in [3.8, 4) is 5.75 Å². The zero-order valence-corrected chi connectivity index (χ0v) is 22.0. The second kappa shape index (κ2) is 11.7. The molecule has 1 heterocycles. The van der Waals surface area contributed by atoms with Crippen LogP contribution in [-0.4, -0.2) is 51.9 Å². The van der Waals surface area contributed by atoms with Gasteiger partial charge in [-0.25, -0.2) is 8.42 Å². The fourth-order valence-corrected chi connectivity index (χ4v) is 5.78. The lowest BCUT2D eigenvalue weighted by atomic mass is 10.1. The first-order chi connectivity index (χ1) is 17.8. The zero-order valence-electron chi connectivity index (χ0n) is 20.4. The second-order valence-electron chi connectivity index (χ2n) is 8.61. The minimum Gasteiger partial charge on any atom is -0.497 e. The average molecular weight is 542 g/mol. The number of amides is 2. The lowest BCUT2D eigenvalue weighted by molar-refractivity contribution is -0.114. The van der Waals surface area contributed by atoms with E-state index in [2.05, 4.69) is 5.32 Å². The molecule has 0 radical (unpaired) electrons. The summed E-state index contributed by atoms with van der Waals surface area (Å²) in [5.74, 6) is -0.259. The lowest BCUT2D eigenvalue weighted by Gasteiger charge is -2.28. The average Bonchev–Trinajstić information content (AvgIpc) is 2.92. The number of anilines is 2. The van der Waals surface area contributed by atoms with Crippen molar-refractivity contribution in [2.45, 2.75) is 24.2 Å². The van der Waals surface area contributed by atoms with Crippen molar-refractivity contribution >= 4 is 44.8 Å². The molecule has 1 fully saturated rings. The molecule has 8 nitrogen and oxygen atoms in total. The molecule has 3 aromatic carbocycles. The molecule has 0 unspecified atom stereocenters. The van der Waals surface area contributed by atoms with Gasteiger partial charge in [-0.15, -0.1) is 0 Å². The van der Waals surface area contributed by atoms with Crippen LogP contribution in [0, 0.1) is 0 Å². The van der Waals surface area contributed by atoms with E-state index in [1.807, 2.05) is 0 Å². The van der Waals surface area contributed by atoms with Crippen molar-refractivity contribution in [3.63, 3.8) is 0 Å². The van der Waals surface area contributed by atoms with Gasteiger partial charge in [0.05, 0.1) is 28.9 Å². The molecule has 0 bridgehead atoms. The number of nitrogens with one attached hydrogen (secondary N) is 1. The number of nitrogens with zero attached hydrogens (tertiary/aromatic N) is 2. The largest absolute Gasteiger partial charge is 0.497 e. The Hall–Kier alpha value is -3.56. The predicted octanol–water partition coefficient (Wildman–Crippen LogP) is 4.81. The lowest BCUT2D eigenvalue weighted by Crippen LogP contribution is -2.39. The van der Waals surface area contributed by atoms with E-state index in [1.54, 1.807) is 47.4 Å². The molecule has 1 saturated heterocycles. The number of para-hydroxylation sites is 1. The molecule has 1 N–H and O–H groups in total. The molecule has 0 atom stereocenters. The van der Waals surface area contributed by atoms with Crippen LogP contribution >= 0.6 is 11.6 Å². The van der Waals surface area contributed by atoms with Crippen LogP contribution < -0.4 is 14.4 Å². The highest BCUT2D eigenvalue weighted by atomic mass is 35.5. The first kappa shape index (κ1) is 26.5. The Balaban J connectivity index is 1.61. The molecule has 4 rings (SSSR count). The molecular weight excluding hydrogens is 514 g/mol. The SMILES string of the molecule is COc1ccc(S(=O)(=O)N(CC(=O)Nc2ccccc2C(=O)N2CCCCC2)c2cccc(Cl)c2)cc1. The minimum atomic E-state index is -4.14. The number of ether oxygens (including phenoxy) is 1. The van der Waals surface area contributed by atoms with Crippen molar-refractivity contribution in [3.05, 3.63) is 83.4 Å². The molecule has 0 saturated carbocycles. The maximum Gasteiger partial charge on any atom is 0.264 e. The first-order valence-electron chi connectivity index (χ1n) is 11.9. The number of rotatable bonds is 8. The maximum absolute atomic E-state index is 13.6. The topological polar surface area (TPSA) is 96.0 Å². The fraction of sp³-hybridized carbons (Fsp3) is 0.259. The van der Waals surface area contributed by atoms with Gasteiger partial charge in [-0.2, -0.15) is 0 Å². The van der Waals surface area contributed by atoms with E-state index < -0.39 is 22.5 Å². The third-order valence-corrected chi connectivity index (χ3v) is 8.13. The Morgan fingerprint density at radius 3 is 2.35 bits per heavy atom. The van der Waals surface area contributed by atoms with Gasteiger partial charge < -0.3 is 15.0 Å². The quantitative estimate of drug-likeness (QED) is 0.441. The highest BCUT2D eigenvalue weighted by Gasteiger charge is 2.28. The maximum atomic E-state index is 13.6. The van der Waals surface area contributed by atoms with Gasteiger partial charge in [-0.3, -0.25) is 13.9 Å². The van der Waals surface area contributed by atoms with Crippen molar-refractivity contribution in [1.82, 2.24) is 4.90 Å². The van der Waals surface area contributed by atoms with Crippen LogP contribution in [0.2, 0.25) is 5.02 Å². The van der Waals surface area contributed by atoms with E-state index in [-0.39, 0.29) is 16.5 Å². The van der Waals surface area contributed by atoms with Crippen molar-refractivity contribution in [2.24, 2.45) is 0 Å². The van der Waals surface area contributed by atoms with Crippen molar-refractivity contribution < 1.29 is 22.7 Å². The number of piperidine rings is 1. The number of sulfonamides is 1. The standard InChI is InChI=1S/C27H28ClN3O5S/c1-36-22-12-14-23(15-13-22)37(34,35)31(21-9-7-8-20(28)18-21)19-26(32)29-25-11-4-3-10-24(25)27(33)30-16-5-2-6-17-30/h3-4,7-15,18H,2,5-6,16-17,19H2,1H3,(H,29,32). The minimum absolute atomic E-state index is 0.0123. The number of benzene rings is 3. The van der Waals surface area contributed by atoms with Crippen LogP contribution in [0.1, 0.15) is 29.6 Å². The van der Waals surface area contributed by atoms with E-state index in [0.29, 0.717) is 35.1 Å². The summed E-state index contributed by atoms with van der Waals surface area (Å²) in [5.41, 5.74) is 0.928. The molecule has 2 amide bonds. The molecule has 3 aromatic rings. The van der Waals surface area contributed by atoms with Gasteiger partial charge in [-0.1, -0.05) is 29.8 Å². The van der Waals surface area contributed by atoms with Gasteiger partial charge in [0, 0.05) is 18.1 Å². The van der Waals surface area contributed by atoms with Gasteiger partial charge in [0.15, 0.2) is 0 Å². The summed E-state index contributed by atoms with van der Waals surface area (Å²) in [4.78, 5) is 28.1. The molecule has 10 heteroatoms. The summed E-state index contributed by atoms with van der Waals surface area (Å²) in [6, 6.07) is 18.9. The van der Waals surface area contributed by atoms with E-state index >= 15 is 0 Å². The van der Waals surface area contributed by atoms with Gasteiger partial charge in [-0.05, 0) is 73.9 Å².